The predicted octanol–water partition coefficient (Wildman–Crippen LogP) is 0.518. The maximum absolute atomic E-state index is 11.2. The maximum Gasteiger partial charge on any atom is 0.252 e. The fourth-order valence-corrected chi connectivity index (χ4v) is 1.41. The van der Waals surface area contributed by atoms with E-state index >= 15 is 0 Å². The van der Waals surface area contributed by atoms with Gasteiger partial charge in [0.05, 0.1) is 11.3 Å². The van der Waals surface area contributed by atoms with Crippen LogP contribution in [0, 0.1) is 5.92 Å². The number of nitrogens with one attached hydrogen (secondary N) is 1. The Kier molecular flexibility index (Phi) is 4.42. The van der Waals surface area contributed by atoms with E-state index in [9.17, 15) is 4.79 Å². The molecule has 5 nitrogen and oxygen atoms in total. The van der Waals surface area contributed by atoms with Crippen LogP contribution in [0.15, 0.2) is 17.2 Å². The summed E-state index contributed by atoms with van der Waals surface area (Å²) >= 11 is 4.92. The summed E-state index contributed by atoms with van der Waals surface area (Å²) in [5, 5.41) is 0. The molecule has 3 N–H and O–H groups in total. The molecule has 88 valence electrons. The highest BCUT2D eigenvalue weighted by Gasteiger charge is 2.12. The quantitative estimate of drug-likeness (QED) is 0.734. The van der Waals surface area contributed by atoms with Crippen molar-refractivity contribution in [3.63, 3.8) is 0 Å². The van der Waals surface area contributed by atoms with Crippen LogP contribution in [0.3, 0.4) is 0 Å². The summed E-state index contributed by atoms with van der Waals surface area (Å²) < 4.78 is 0. The fourth-order valence-electron chi connectivity index (χ4n) is 1.34. The van der Waals surface area contributed by atoms with Crippen molar-refractivity contribution < 1.29 is 0 Å². The second-order valence-corrected chi connectivity index (χ2v) is 4.08. The SMILES string of the molecule is CCN(CC(C)C(N)=S)c1cc(=O)[nH]cn1. The normalized spacial score (nSPS) is 12.1. The van der Waals surface area contributed by atoms with Crippen molar-refractivity contribution in [2.24, 2.45) is 11.7 Å². The van der Waals surface area contributed by atoms with Gasteiger partial charge in [0.15, 0.2) is 0 Å². The highest BCUT2D eigenvalue weighted by molar-refractivity contribution is 7.80. The molecular formula is C10H16N4OS. The van der Waals surface area contributed by atoms with Gasteiger partial charge in [0.2, 0.25) is 0 Å². The van der Waals surface area contributed by atoms with Gasteiger partial charge >= 0.3 is 0 Å². The van der Waals surface area contributed by atoms with Crippen LogP contribution >= 0.6 is 12.2 Å². The second kappa shape index (κ2) is 5.60. The molecule has 1 rings (SSSR count). The Morgan fingerprint density at radius 3 is 2.94 bits per heavy atom. The van der Waals surface area contributed by atoms with E-state index in [0.717, 1.165) is 6.54 Å². The van der Waals surface area contributed by atoms with E-state index in [4.69, 9.17) is 18.0 Å². The Hall–Kier alpha value is -1.43. The standard InChI is InChI=1S/C10H16N4OS/c1-3-14(5-7(2)10(11)16)8-4-9(15)13-6-12-8/h4,6-7H,3,5H2,1-2H3,(H2,11,16)(H,12,13,15). The molecule has 0 radical (unpaired) electrons. The molecule has 1 aromatic rings. The molecule has 0 spiro atoms. The first-order valence-electron chi connectivity index (χ1n) is 5.13. The minimum Gasteiger partial charge on any atom is -0.393 e. The molecule has 0 aliphatic rings. The third-order valence-corrected chi connectivity index (χ3v) is 2.75. The van der Waals surface area contributed by atoms with Gasteiger partial charge in [-0.25, -0.2) is 4.98 Å². The minimum atomic E-state index is -0.161. The third kappa shape index (κ3) is 3.30. The van der Waals surface area contributed by atoms with Crippen LogP contribution in [0.2, 0.25) is 0 Å². The average Bonchev–Trinajstić information content (AvgIpc) is 2.25. The van der Waals surface area contributed by atoms with E-state index in [-0.39, 0.29) is 11.5 Å². The lowest BCUT2D eigenvalue weighted by molar-refractivity contribution is 0.698. The van der Waals surface area contributed by atoms with Crippen LogP contribution in [0.5, 0.6) is 0 Å². The number of hydrogen-bond acceptors (Lipinski definition) is 4. The minimum absolute atomic E-state index is 0.0936. The van der Waals surface area contributed by atoms with Crippen LogP contribution in [0.25, 0.3) is 0 Å². The number of thiocarbonyl (C=S) groups is 1. The van der Waals surface area contributed by atoms with Crippen molar-refractivity contribution in [1.82, 2.24) is 9.97 Å². The summed E-state index contributed by atoms with van der Waals surface area (Å²) in [5.41, 5.74) is 5.40. The van der Waals surface area contributed by atoms with Crippen LogP contribution in [-0.4, -0.2) is 28.0 Å². The molecule has 16 heavy (non-hydrogen) atoms. The average molecular weight is 240 g/mol. The molecule has 1 unspecified atom stereocenters. The van der Waals surface area contributed by atoms with Gasteiger partial charge in [-0.15, -0.1) is 0 Å². The van der Waals surface area contributed by atoms with Crippen molar-refractivity contribution in [1.29, 1.82) is 0 Å². The van der Waals surface area contributed by atoms with Crippen molar-refractivity contribution >= 4 is 23.0 Å². The van der Waals surface area contributed by atoms with E-state index < -0.39 is 0 Å². The van der Waals surface area contributed by atoms with Gasteiger partial charge in [-0.3, -0.25) is 4.79 Å². The van der Waals surface area contributed by atoms with E-state index in [2.05, 4.69) is 9.97 Å². The summed E-state index contributed by atoms with van der Waals surface area (Å²) in [7, 11) is 0. The summed E-state index contributed by atoms with van der Waals surface area (Å²) in [6, 6.07) is 1.47. The van der Waals surface area contributed by atoms with Crippen LogP contribution in [0.4, 0.5) is 5.82 Å². The van der Waals surface area contributed by atoms with Crippen LogP contribution < -0.4 is 16.2 Å². The van der Waals surface area contributed by atoms with Gasteiger partial charge in [-0.1, -0.05) is 19.1 Å². The number of rotatable bonds is 5. The largest absolute Gasteiger partial charge is 0.393 e. The molecule has 0 aliphatic carbocycles. The third-order valence-electron chi connectivity index (χ3n) is 2.35. The van der Waals surface area contributed by atoms with Crippen molar-refractivity contribution in [2.75, 3.05) is 18.0 Å². The molecule has 0 saturated heterocycles. The number of aromatic nitrogens is 2. The maximum atomic E-state index is 11.2. The second-order valence-electron chi connectivity index (χ2n) is 3.61. The smallest absolute Gasteiger partial charge is 0.252 e. The van der Waals surface area contributed by atoms with Gasteiger partial charge in [-0.2, -0.15) is 0 Å². The van der Waals surface area contributed by atoms with Gasteiger partial charge < -0.3 is 15.6 Å². The Labute approximate surface area is 99.7 Å². The predicted molar refractivity (Wildman–Crippen MR) is 68.7 cm³/mol. The molecule has 1 atom stereocenters. The van der Waals surface area contributed by atoms with Crippen molar-refractivity contribution in [3.8, 4) is 0 Å². The van der Waals surface area contributed by atoms with Gasteiger partial charge in [0, 0.05) is 25.1 Å². The molecule has 0 fully saturated rings. The number of anilines is 1. The Morgan fingerprint density at radius 1 is 1.75 bits per heavy atom. The highest BCUT2D eigenvalue weighted by atomic mass is 32.1. The first kappa shape index (κ1) is 12.6. The lowest BCUT2D eigenvalue weighted by Crippen LogP contribution is -2.35. The lowest BCUT2D eigenvalue weighted by Gasteiger charge is -2.24. The molecule has 0 aliphatic heterocycles. The van der Waals surface area contributed by atoms with Gasteiger partial charge in [-0.05, 0) is 6.92 Å². The number of aromatic amines is 1. The zero-order valence-electron chi connectivity index (χ0n) is 9.43. The van der Waals surface area contributed by atoms with Gasteiger partial charge in [0.25, 0.3) is 5.56 Å². The van der Waals surface area contributed by atoms with E-state index in [0.29, 0.717) is 17.4 Å². The molecule has 1 heterocycles. The van der Waals surface area contributed by atoms with E-state index in [1.54, 1.807) is 0 Å². The molecule has 6 heteroatoms. The Morgan fingerprint density at radius 2 is 2.44 bits per heavy atom. The van der Waals surface area contributed by atoms with E-state index in [1.807, 2.05) is 18.7 Å². The van der Waals surface area contributed by atoms with Crippen LogP contribution in [0.1, 0.15) is 13.8 Å². The van der Waals surface area contributed by atoms with E-state index in [1.165, 1.54) is 12.4 Å². The van der Waals surface area contributed by atoms with Crippen molar-refractivity contribution in [2.45, 2.75) is 13.8 Å². The van der Waals surface area contributed by atoms with Gasteiger partial charge in [0.1, 0.15) is 5.82 Å². The summed E-state index contributed by atoms with van der Waals surface area (Å²) in [6.07, 6.45) is 1.39. The number of nitrogens with zero attached hydrogens (tertiary/aromatic N) is 2. The number of hydrogen-bond donors (Lipinski definition) is 2. The Balaban J connectivity index is 2.82. The fraction of sp³-hybridized carbons (Fsp3) is 0.500. The monoisotopic (exact) mass is 240 g/mol. The summed E-state index contributed by atoms with van der Waals surface area (Å²) in [5.74, 6) is 0.741. The first-order chi connectivity index (χ1) is 7.54. The molecule has 0 amide bonds. The molecule has 0 aromatic carbocycles. The molecule has 0 saturated carbocycles. The van der Waals surface area contributed by atoms with Crippen molar-refractivity contribution in [3.05, 3.63) is 22.7 Å². The van der Waals surface area contributed by atoms with Crippen LogP contribution in [-0.2, 0) is 0 Å². The zero-order chi connectivity index (χ0) is 12.1. The Bertz CT molecular complexity index is 417. The number of H-pyrrole nitrogens is 1. The molecule has 0 bridgehead atoms. The topological polar surface area (TPSA) is 75.0 Å². The summed E-state index contributed by atoms with van der Waals surface area (Å²) in [4.78, 5) is 20.2. The molecular weight excluding hydrogens is 224 g/mol. The number of nitrogens with two attached hydrogens (primary N) is 1. The molecule has 1 aromatic heterocycles. The summed E-state index contributed by atoms with van der Waals surface area (Å²) in [6.45, 7) is 5.37. The first-order valence-corrected chi connectivity index (χ1v) is 5.54. The zero-order valence-corrected chi connectivity index (χ0v) is 10.3. The lowest BCUT2D eigenvalue weighted by atomic mass is 10.1. The highest BCUT2D eigenvalue weighted by Crippen LogP contribution is 2.09.